The van der Waals surface area contributed by atoms with Gasteiger partial charge in [-0.3, -0.25) is 9.69 Å². The number of rotatable bonds is 6. The Bertz CT molecular complexity index is 594. The molecule has 3 atom stereocenters. The first-order chi connectivity index (χ1) is 11.5. The fourth-order valence-electron chi connectivity index (χ4n) is 3.67. The van der Waals surface area contributed by atoms with Crippen molar-refractivity contribution in [2.45, 2.75) is 58.3 Å². The van der Waals surface area contributed by atoms with Gasteiger partial charge in [-0.15, -0.1) is 0 Å². The fourth-order valence-corrected chi connectivity index (χ4v) is 3.67. The van der Waals surface area contributed by atoms with Gasteiger partial charge >= 0.3 is 0 Å². The van der Waals surface area contributed by atoms with Crippen LogP contribution in [0.1, 0.15) is 42.7 Å². The Morgan fingerprint density at radius 1 is 1.50 bits per heavy atom. The number of alkyl halides is 1. The number of nitrogens with one attached hydrogen (secondary N) is 1. The first kappa shape index (κ1) is 17.1. The highest BCUT2D eigenvalue weighted by Crippen LogP contribution is 2.25. The molecular weight excluding hydrogens is 309 g/mol. The van der Waals surface area contributed by atoms with Crippen LogP contribution in [0.3, 0.4) is 0 Å². The van der Waals surface area contributed by atoms with Gasteiger partial charge in [-0.25, -0.2) is 4.39 Å². The molecule has 6 heteroatoms. The van der Waals surface area contributed by atoms with Crippen LogP contribution in [0, 0.1) is 19.8 Å². The number of likely N-dealkylation sites (tertiary alicyclic amines) is 1. The molecule has 5 nitrogen and oxygen atoms in total. The van der Waals surface area contributed by atoms with Gasteiger partial charge in [-0.1, -0.05) is 17.3 Å². The molecule has 24 heavy (non-hydrogen) atoms. The van der Waals surface area contributed by atoms with Crippen LogP contribution in [0.15, 0.2) is 16.7 Å². The number of amides is 1. The molecule has 1 aromatic rings. The number of carbonyl (C=O) groups is 1. The topological polar surface area (TPSA) is 58.4 Å². The summed E-state index contributed by atoms with van der Waals surface area (Å²) in [5.74, 6) is 1.21. The molecule has 0 bridgehead atoms. The number of aryl methyl sites for hydroxylation is 2. The van der Waals surface area contributed by atoms with E-state index in [1.807, 2.05) is 13.8 Å². The summed E-state index contributed by atoms with van der Waals surface area (Å²) in [5.41, 5.74) is 1.88. The molecule has 1 aliphatic carbocycles. The standard InChI is InChI=1S/C18H26FN3O2/c1-12-17(13(2)24-21-12)11-22-10-15(19)8-16(22)9-20-18(23)7-14-5-3-4-6-14/h3,5,14-16H,4,6-11H2,1-2H3,(H,20,23)/t14-,15+,16+/m1/s1. The van der Waals surface area contributed by atoms with Gasteiger partial charge in [0, 0.05) is 37.7 Å². The summed E-state index contributed by atoms with van der Waals surface area (Å²) in [6.07, 6.45) is 6.53. The van der Waals surface area contributed by atoms with Crippen molar-refractivity contribution in [3.8, 4) is 0 Å². The van der Waals surface area contributed by atoms with E-state index in [2.05, 4.69) is 27.5 Å². The van der Waals surface area contributed by atoms with Crippen LogP contribution >= 0.6 is 0 Å². The molecule has 1 aromatic heterocycles. The van der Waals surface area contributed by atoms with Crippen LogP contribution in [0.4, 0.5) is 4.39 Å². The van der Waals surface area contributed by atoms with E-state index < -0.39 is 6.17 Å². The third-order valence-corrected chi connectivity index (χ3v) is 5.11. The first-order valence-electron chi connectivity index (χ1n) is 8.76. The molecule has 2 aliphatic rings. The highest BCUT2D eigenvalue weighted by Gasteiger charge is 2.33. The third kappa shape index (κ3) is 4.04. The highest BCUT2D eigenvalue weighted by atomic mass is 19.1. The summed E-state index contributed by atoms with van der Waals surface area (Å²) in [7, 11) is 0. The van der Waals surface area contributed by atoms with Gasteiger partial charge in [0.2, 0.25) is 5.91 Å². The molecule has 0 spiro atoms. The lowest BCUT2D eigenvalue weighted by Crippen LogP contribution is -2.40. The van der Waals surface area contributed by atoms with Gasteiger partial charge in [-0.05, 0) is 39.0 Å². The second-order valence-electron chi connectivity index (χ2n) is 6.99. The monoisotopic (exact) mass is 335 g/mol. The normalized spacial score (nSPS) is 27.0. The number of hydrogen-bond donors (Lipinski definition) is 1. The van der Waals surface area contributed by atoms with Crippen LogP contribution in [0.2, 0.25) is 0 Å². The lowest BCUT2D eigenvalue weighted by molar-refractivity contribution is -0.121. The van der Waals surface area contributed by atoms with E-state index >= 15 is 0 Å². The predicted octanol–water partition coefficient (Wildman–Crippen LogP) is 2.68. The zero-order valence-electron chi connectivity index (χ0n) is 14.4. The highest BCUT2D eigenvalue weighted by molar-refractivity contribution is 5.76. The largest absolute Gasteiger partial charge is 0.361 e. The van der Waals surface area contributed by atoms with Gasteiger partial charge in [0.25, 0.3) is 0 Å². The van der Waals surface area contributed by atoms with Crippen LogP contribution in [0.5, 0.6) is 0 Å². The number of carbonyl (C=O) groups excluding carboxylic acids is 1. The van der Waals surface area contributed by atoms with E-state index in [9.17, 15) is 9.18 Å². The van der Waals surface area contributed by atoms with Crippen molar-refractivity contribution in [3.05, 3.63) is 29.2 Å². The van der Waals surface area contributed by atoms with Crippen molar-refractivity contribution >= 4 is 5.91 Å². The second kappa shape index (κ2) is 7.47. The maximum atomic E-state index is 13.9. The van der Waals surface area contributed by atoms with E-state index in [4.69, 9.17) is 4.52 Å². The van der Waals surface area contributed by atoms with E-state index in [1.165, 1.54) is 0 Å². The number of halogens is 1. The molecule has 1 amide bonds. The first-order valence-corrected chi connectivity index (χ1v) is 8.76. The van der Waals surface area contributed by atoms with Crippen LogP contribution in [-0.4, -0.2) is 41.3 Å². The van der Waals surface area contributed by atoms with Crippen molar-refractivity contribution in [2.24, 2.45) is 5.92 Å². The van der Waals surface area contributed by atoms with E-state index in [1.54, 1.807) is 0 Å². The van der Waals surface area contributed by atoms with Gasteiger partial charge in [-0.2, -0.15) is 0 Å². The average molecular weight is 335 g/mol. The number of hydrogen-bond acceptors (Lipinski definition) is 4. The molecular formula is C18H26FN3O2. The molecule has 1 saturated heterocycles. The average Bonchev–Trinajstić information content (AvgIpc) is 3.23. The molecule has 0 unspecified atom stereocenters. The minimum absolute atomic E-state index is 0.0248. The van der Waals surface area contributed by atoms with Crippen molar-refractivity contribution in [1.29, 1.82) is 0 Å². The quantitative estimate of drug-likeness (QED) is 0.812. The number of aromatic nitrogens is 1. The molecule has 132 valence electrons. The Balaban J connectivity index is 1.53. The zero-order chi connectivity index (χ0) is 17.1. The van der Waals surface area contributed by atoms with E-state index in [0.29, 0.717) is 38.4 Å². The van der Waals surface area contributed by atoms with Crippen molar-refractivity contribution in [1.82, 2.24) is 15.4 Å². The van der Waals surface area contributed by atoms with Crippen molar-refractivity contribution in [2.75, 3.05) is 13.1 Å². The van der Waals surface area contributed by atoms with Gasteiger partial charge < -0.3 is 9.84 Å². The van der Waals surface area contributed by atoms with Crippen molar-refractivity contribution < 1.29 is 13.7 Å². The minimum Gasteiger partial charge on any atom is -0.361 e. The summed E-state index contributed by atoms with van der Waals surface area (Å²) in [6, 6.07) is 0.0248. The minimum atomic E-state index is -0.842. The molecule has 0 aromatic carbocycles. The smallest absolute Gasteiger partial charge is 0.220 e. The SMILES string of the molecule is Cc1noc(C)c1CN1C[C@@H](F)C[C@H]1CNC(=O)C[C@@H]1C=CCC1. The second-order valence-corrected chi connectivity index (χ2v) is 6.99. The Morgan fingerprint density at radius 3 is 3.00 bits per heavy atom. The molecule has 1 fully saturated rings. The van der Waals surface area contributed by atoms with E-state index in [-0.39, 0.29) is 11.9 Å². The molecule has 2 heterocycles. The summed E-state index contributed by atoms with van der Waals surface area (Å²) in [4.78, 5) is 14.2. The lowest BCUT2D eigenvalue weighted by atomic mass is 10.0. The number of allylic oxidation sites excluding steroid dienone is 2. The summed E-state index contributed by atoms with van der Waals surface area (Å²) in [5, 5.41) is 6.95. The number of nitrogens with zero attached hydrogens (tertiary/aromatic N) is 2. The third-order valence-electron chi connectivity index (χ3n) is 5.11. The Hall–Kier alpha value is -1.69. The van der Waals surface area contributed by atoms with Crippen LogP contribution in [0.25, 0.3) is 0 Å². The van der Waals surface area contributed by atoms with E-state index in [0.717, 1.165) is 29.9 Å². The zero-order valence-corrected chi connectivity index (χ0v) is 14.4. The molecule has 0 radical (unpaired) electrons. The Kier molecular flexibility index (Phi) is 5.33. The van der Waals surface area contributed by atoms with Crippen LogP contribution < -0.4 is 5.32 Å². The van der Waals surface area contributed by atoms with Gasteiger partial charge in [0.05, 0.1) is 5.69 Å². The van der Waals surface area contributed by atoms with Gasteiger partial charge in [0.15, 0.2) is 0 Å². The van der Waals surface area contributed by atoms with Crippen LogP contribution in [-0.2, 0) is 11.3 Å². The molecule has 1 aliphatic heterocycles. The maximum absolute atomic E-state index is 13.9. The Labute approximate surface area is 142 Å². The predicted molar refractivity (Wildman–Crippen MR) is 89.2 cm³/mol. The molecule has 3 rings (SSSR count). The summed E-state index contributed by atoms with van der Waals surface area (Å²) < 4.78 is 19.1. The van der Waals surface area contributed by atoms with Gasteiger partial charge in [0.1, 0.15) is 11.9 Å². The fraction of sp³-hybridized carbons (Fsp3) is 0.667. The van der Waals surface area contributed by atoms with Crippen molar-refractivity contribution in [3.63, 3.8) is 0 Å². The lowest BCUT2D eigenvalue weighted by Gasteiger charge is -2.24. The summed E-state index contributed by atoms with van der Waals surface area (Å²) >= 11 is 0. The maximum Gasteiger partial charge on any atom is 0.220 e. The summed E-state index contributed by atoms with van der Waals surface area (Å²) in [6.45, 7) is 5.30. The molecule has 0 saturated carbocycles. The molecule has 1 N–H and O–H groups in total. The Morgan fingerprint density at radius 2 is 2.33 bits per heavy atom.